The van der Waals surface area contributed by atoms with Gasteiger partial charge in [0.25, 0.3) is 5.56 Å². The van der Waals surface area contributed by atoms with Crippen LogP contribution in [-0.2, 0) is 11.8 Å². The number of rotatable bonds is 4. The summed E-state index contributed by atoms with van der Waals surface area (Å²) in [5.41, 5.74) is 5.26. The number of aromatic nitrogens is 4. The standard InChI is InChI=1S/C10H12N6O3/c1-16-3-5(2-14-16)7(10(18)19)15-8-6(11)9(17)13-4-12-8/h2-4,7H,11H2,1H3,(H,18,19)(H2,12,13,15,17). The van der Waals surface area contributed by atoms with E-state index in [0.717, 1.165) is 6.33 Å². The van der Waals surface area contributed by atoms with Gasteiger partial charge in [-0.25, -0.2) is 9.78 Å². The van der Waals surface area contributed by atoms with Crippen LogP contribution < -0.4 is 16.6 Å². The molecule has 100 valence electrons. The van der Waals surface area contributed by atoms with Crippen LogP contribution in [0.5, 0.6) is 0 Å². The average molecular weight is 264 g/mol. The van der Waals surface area contributed by atoms with Gasteiger partial charge in [-0.15, -0.1) is 0 Å². The van der Waals surface area contributed by atoms with Crippen LogP contribution >= 0.6 is 0 Å². The highest BCUT2D eigenvalue weighted by atomic mass is 16.4. The number of nitrogens with two attached hydrogens (primary N) is 1. The van der Waals surface area contributed by atoms with Gasteiger partial charge < -0.3 is 21.1 Å². The molecule has 1 atom stereocenters. The molecule has 2 heterocycles. The van der Waals surface area contributed by atoms with Crippen LogP contribution in [0.1, 0.15) is 11.6 Å². The molecule has 0 aliphatic carbocycles. The first-order chi connectivity index (χ1) is 8.99. The number of H-pyrrole nitrogens is 1. The van der Waals surface area contributed by atoms with Crippen LogP contribution in [-0.4, -0.2) is 30.8 Å². The molecule has 5 N–H and O–H groups in total. The average Bonchev–Trinajstić information content (AvgIpc) is 2.77. The zero-order valence-corrected chi connectivity index (χ0v) is 9.99. The molecule has 1 unspecified atom stereocenters. The van der Waals surface area contributed by atoms with E-state index in [1.807, 2.05) is 0 Å². The number of carboxylic acids is 1. The molecular weight excluding hydrogens is 252 g/mol. The maximum atomic E-state index is 11.3. The molecule has 2 aromatic heterocycles. The Morgan fingerprint density at radius 1 is 1.63 bits per heavy atom. The SMILES string of the molecule is Cn1cc(C(Nc2nc[nH]c(=O)c2N)C(=O)O)cn1. The van der Waals surface area contributed by atoms with Crippen molar-refractivity contribution in [2.75, 3.05) is 11.1 Å². The van der Waals surface area contributed by atoms with Crippen molar-refractivity contribution in [3.63, 3.8) is 0 Å². The smallest absolute Gasteiger partial charge is 0.330 e. The number of hydrogen-bond acceptors (Lipinski definition) is 6. The summed E-state index contributed by atoms with van der Waals surface area (Å²) in [5, 5.41) is 15.7. The Morgan fingerprint density at radius 2 is 2.37 bits per heavy atom. The van der Waals surface area contributed by atoms with Gasteiger partial charge in [-0.2, -0.15) is 5.10 Å². The summed E-state index contributed by atoms with van der Waals surface area (Å²) in [4.78, 5) is 28.7. The molecule has 0 aromatic carbocycles. The summed E-state index contributed by atoms with van der Waals surface area (Å²) in [5.74, 6) is -1.12. The maximum absolute atomic E-state index is 11.3. The molecule has 0 bridgehead atoms. The number of nitrogen functional groups attached to an aromatic ring is 1. The zero-order chi connectivity index (χ0) is 14.0. The number of aromatic amines is 1. The lowest BCUT2D eigenvalue weighted by atomic mass is 10.1. The fraction of sp³-hybridized carbons (Fsp3) is 0.200. The lowest BCUT2D eigenvalue weighted by molar-refractivity contribution is -0.138. The summed E-state index contributed by atoms with van der Waals surface area (Å²) in [7, 11) is 1.67. The molecule has 9 nitrogen and oxygen atoms in total. The molecule has 0 radical (unpaired) electrons. The fourth-order valence-electron chi connectivity index (χ4n) is 1.54. The van der Waals surface area contributed by atoms with Gasteiger partial charge in [-0.3, -0.25) is 9.48 Å². The highest BCUT2D eigenvalue weighted by Gasteiger charge is 2.22. The first kappa shape index (κ1) is 12.6. The first-order valence-electron chi connectivity index (χ1n) is 5.30. The fourth-order valence-corrected chi connectivity index (χ4v) is 1.54. The van der Waals surface area contributed by atoms with E-state index in [0.29, 0.717) is 5.56 Å². The zero-order valence-electron chi connectivity index (χ0n) is 9.99. The highest BCUT2D eigenvalue weighted by molar-refractivity contribution is 5.80. The summed E-state index contributed by atoms with van der Waals surface area (Å²) in [6.07, 6.45) is 4.10. The third-order valence-electron chi connectivity index (χ3n) is 2.48. The molecule has 2 aromatic rings. The summed E-state index contributed by atoms with van der Waals surface area (Å²) >= 11 is 0. The van der Waals surface area contributed by atoms with E-state index < -0.39 is 17.6 Å². The Labute approximate surface area is 107 Å². The van der Waals surface area contributed by atoms with Crippen molar-refractivity contribution in [3.8, 4) is 0 Å². The molecule has 9 heteroatoms. The van der Waals surface area contributed by atoms with Crippen molar-refractivity contribution in [2.24, 2.45) is 7.05 Å². The molecule has 0 aliphatic rings. The van der Waals surface area contributed by atoms with E-state index in [1.165, 1.54) is 10.9 Å². The second-order valence-electron chi connectivity index (χ2n) is 3.86. The molecule has 2 rings (SSSR count). The predicted octanol–water partition coefficient (Wildman–Crippen LogP) is -0.677. The Morgan fingerprint density at radius 3 is 2.95 bits per heavy atom. The van der Waals surface area contributed by atoms with Gasteiger partial charge >= 0.3 is 5.97 Å². The second-order valence-corrected chi connectivity index (χ2v) is 3.86. The second kappa shape index (κ2) is 4.80. The largest absolute Gasteiger partial charge is 0.479 e. The van der Waals surface area contributed by atoms with E-state index in [2.05, 4.69) is 20.4 Å². The monoisotopic (exact) mass is 264 g/mol. The number of nitrogens with zero attached hydrogens (tertiary/aromatic N) is 3. The Balaban J connectivity index is 2.34. The molecule has 0 fully saturated rings. The number of aliphatic carboxylic acids is 1. The number of anilines is 2. The topological polar surface area (TPSA) is 139 Å². The van der Waals surface area contributed by atoms with E-state index in [4.69, 9.17) is 5.73 Å². The minimum absolute atomic E-state index is 0.0139. The number of carbonyl (C=O) groups is 1. The van der Waals surface area contributed by atoms with E-state index >= 15 is 0 Å². The number of aryl methyl sites for hydroxylation is 1. The van der Waals surface area contributed by atoms with Gasteiger partial charge in [0.1, 0.15) is 5.69 Å². The molecule has 19 heavy (non-hydrogen) atoms. The van der Waals surface area contributed by atoms with Crippen LogP contribution in [0.15, 0.2) is 23.5 Å². The summed E-state index contributed by atoms with van der Waals surface area (Å²) in [6, 6.07) is -1.09. The van der Waals surface area contributed by atoms with Crippen molar-refractivity contribution in [3.05, 3.63) is 34.6 Å². The van der Waals surface area contributed by atoms with Gasteiger partial charge in [0.15, 0.2) is 11.9 Å². The lowest BCUT2D eigenvalue weighted by Gasteiger charge is -2.14. The number of nitrogens with one attached hydrogen (secondary N) is 2. The molecule has 0 amide bonds. The van der Waals surface area contributed by atoms with Crippen molar-refractivity contribution in [1.82, 2.24) is 19.7 Å². The van der Waals surface area contributed by atoms with E-state index in [1.54, 1.807) is 13.2 Å². The van der Waals surface area contributed by atoms with E-state index in [-0.39, 0.29) is 11.5 Å². The van der Waals surface area contributed by atoms with Crippen molar-refractivity contribution >= 4 is 17.5 Å². The van der Waals surface area contributed by atoms with Gasteiger partial charge in [-0.05, 0) is 0 Å². The van der Waals surface area contributed by atoms with Crippen molar-refractivity contribution in [1.29, 1.82) is 0 Å². The van der Waals surface area contributed by atoms with Crippen LogP contribution in [0.2, 0.25) is 0 Å². The van der Waals surface area contributed by atoms with Gasteiger partial charge in [0, 0.05) is 18.8 Å². The first-order valence-corrected chi connectivity index (χ1v) is 5.30. The molecule has 0 saturated carbocycles. The molecule has 0 saturated heterocycles. The molecule has 0 aliphatic heterocycles. The Hall–Kier alpha value is -2.84. The minimum Gasteiger partial charge on any atom is -0.479 e. The third-order valence-corrected chi connectivity index (χ3v) is 2.48. The Bertz CT molecular complexity index is 661. The number of carboxylic acid groups (broad SMARTS) is 1. The predicted molar refractivity (Wildman–Crippen MR) is 66.5 cm³/mol. The van der Waals surface area contributed by atoms with Gasteiger partial charge in [0.2, 0.25) is 0 Å². The lowest BCUT2D eigenvalue weighted by Crippen LogP contribution is -2.24. The molecular formula is C10H12N6O3. The molecule has 0 spiro atoms. The maximum Gasteiger partial charge on any atom is 0.330 e. The van der Waals surface area contributed by atoms with Gasteiger partial charge in [0.05, 0.1) is 12.5 Å². The quantitative estimate of drug-likeness (QED) is 0.573. The Kier molecular flexibility index (Phi) is 3.19. The number of hydrogen-bond donors (Lipinski definition) is 4. The summed E-state index contributed by atoms with van der Waals surface area (Å²) in [6.45, 7) is 0. The van der Waals surface area contributed by atoms with Crippen molar-refractivity contribution < 1.29 is 9.90 Å². The van der Waals surface area contributed by atoms with Crippen LogP contribution in [0.3, 0.4) is 0 Å². The van der Waals surface area contributed by atoms with Crippen LogP contribution in [0.25, 0.3) is 0 Å². The normalized spacial score (nSPS) is 12.1. The van der Waals surface area contributed by atoms with Gasteiger partial charge in [-0.1, -0.05) is 0 Å². The summed E-state index contributed by atoms with van der Waals surface area (Å²) < 4.78 is 1.47. The van der Waals surface area contributed by atoms with Crippen LogP contribution in [0.4, 0.5) is 11.5 Å². The minimum atomic E-state index is -1.13. The highest BCUT2D eigenvalue weighted by Crippen LogP contribution is 2.19. The van der Waals surface area contributed by atoms with E-state index in [9.17, 15) is 14.7 Å². The van der Waals surface area contributed by atoms with Crippen molar-refractivity contribution in [2.45, 2.75) is 6.04 Å². The van der Waals surface area contributed by atoms with Crippen LogP contribution in [0, 0.1) is 0 Å². The third kappa shape index (κ3) is 2.54.